The average Bonchev–Trinajstić information content (AvgIpc) is 2.14. The quantitative estimate of drug-likeness (QED) is 0.886. The van der Waals surface area contributed by atoms with Gasteiger partial charge in [0, 0.05) is 16.6 Å². The Balaban J connectivity index is 1.98. The van der Waals surface area contributed by atoms with E-state index in [0.29, 0.717) is 5.54 Å². The fraction of sp³-hybridized carbons (Fsp3) is 0.500. The van der Waals surface area contributed by atoms with Crippen molar-refractivity contribution in [3.8, 4) is 0 Å². The maximum absolute atomic E-state index is 12.8. The second-order valence-electron chi connectivity index (χ2n) is 4.50. The summed E-state index contributed by atoms with van der Waals surface area (Å²) in [5.41, 5.74) is 1.41. The van der Waals surface area contributed by atoms with Crippen LogP contribution in [0.1, 0.15) is 31.7 Å². The van der Waals surface area contributed by atoms with Crippen molar-refractivity contribution in [2.24, 2.45) is 0 Å². The molecule has 0 saturated heterocycles. The van der Waals surface area contributed by atoms with E-state index in [1.165, 1.54) is 31.4 Å². The number of nitrogens with one attached hydrogen (secondary N) is 1. The molecule has 1 aliphatic carbocycles. The third kappa shape index (κ3) is 2.58. The minimum atomic E-state index is -0.194. The highest BCUT2D eigenvalue weighted by Crippen LogP contribution is 2.31. The number of halogens is 2. The number of benzene rings is 1. The maximum Gasteiger partial charge on any atom is 0.124 e. The van der Waals surface area contributed by atoms with Gasteiger partial charge >= 0.3 is 0 Å². The summed E-state index contributed by atoms with van der Waals surface area (Å²) in [4.78, 5) is 0. The van der Waals surface area contributed by atoms with Gasteiger partial charge in [-0.05, 0) is 43.9 Å². The lowest BCUT2D eigenvalue weighted by Crippen LogP contribution is -2.47. The predicted molar refractivity (Wildman–Crippen MR) is 63.2 cm³/mol. The Hall–Kier alpha value is -0.410. The van der Waals surface area contributed by atoms with E-state index in [4.69, 9.17) is 0 Å². The second-order valence-corrected chi connectivity index (χ2v) is 5.36. The fourth-order valence-corrected chi connectivity index (χ4v) is 2.35. The summed E-state index contributed by atoms with van der Waals surface area (Å²) in [7, 11) is 0. The van der Waals surface area contributed by atoms with Gasteiger partial charge in [-0.15, -0.1) is 0 Å². The van der Waals surface area contributed by atoms with Crippen LogP contribution in [0, 0.1) is 5.82 Å². The van der Waals surface area contributed by atoms with E-state index < -0.39 is 0 Å². The molecule has 1 fully saturated rings. The van der Waals surface area contributed by atoms with Crippen LogP contribution in [0.5, 0.6) is 0 Å². The summed E-state index contributed by atoms with van der Waals surface area (Å²) in [6.07, 6.45) is 3.80. The number of hydrogen-bond donors (Lipinski definition) is 1. The van der Waals surface area contributed by atoms with E-state index in [1.807, 2.05) is 6.07 Å². The average molecular weight is 272 g/mol. The minimum absolute atomic E-state index is 0.194. The lowest BCUT2D eigenvalue weighted by Gasteiger charge is -2.39. The molecular weight excluding hydrogens is 257 g/mol. The van der Waals surface area contributed by atoms with E-state index in [1.54, 1.807) is 0 Å². The van der Waals surface area contributed by atoms with Crippen molar-refractivity contribution >= 4 is 15.9 Å². The van der Waals surface area contributed by atoms with Gasteiger partial charge in [0.2, 0.25) is 0 Å². The van der Waals surface area contributed by atoms with Crippen LogP contribution in [0.2, 0.25) is 0 Å². The van der Waals surface area contributed by atoms with E-state index in [2.05, 4.69) is 28.2 Å². The summed E-state index contributed by atoms with van der Waals surface area (Å²) >= 11 is 3.37. The van der Waals surface area contributed by atoms with Crippen LogP contribution < -0.4 is 5.32 Å². The molecule has 1 aromatic rings. The number of hydrogen-bond acceptors (Lipinski definition) is 1. The third-order valence-electron chi connectivity index (χ3n) is 3.18. The Morgan fingerprint density at radius 3 is 2.73 bits per heavy atom. The van der Waals surface area contributed by atoms with Crippen LogP contribution in [0.25, 0.3) is 0 Å². The SMILES string of the molecule is CC1(NCc2ccc(F)cc2Br)CCC1. The van der Waals surface area contributed by atoms with Gasteiger partial charge in [-0.25, -0.2) is 4.39 Å². The van der Waals surface area contributed by atoms with E-state index in [-0.39, 0.29) is 5.82 Å². The first-order valence-electron chi connectivity index (χ1n) is 5.28. The first-order chi connectivity index (χ1) is 7.09. The van der Waals surface area contributed by atoms with E-state index >= 15 is 0 Å². The van der Waals surface area contributed by atoms with Gasteiger partial charge in [0.05, 0.1) is 0 Å². The van der Waals surface area contributed by atoms with Gasteiger partial charge in [0.1, 0.15) is 5.82 Å². The van der Waals surface area contributed by atoms with Crippen molar-refractivity contribution in [1.82, 2.24) is 5.32 Å². The monoisotopic (exact) mass is 271 g/mol. The second kappa shape index (κ2) is 4.22. The smallest absolute Gasteiger partial charge is 0.124 e. The van der Waals surface area contributed by atoms with Gasteiger partial charge in [-0.2, -0.15) is 0 Å². The summed E-state index contributed by atoms with van der Waals surface area (Å²) in [6.45, 7) is 3.05. The molecule has 1 aromatic carbocycles. The Morgan fingerprint density at radius 1 is 1.47 bits per heavy atom. The van der Waals surface area contributed by atoms with Gasteiger partial charge < -0.3 is 5.32 Å². The summed E-state index contributed by atoms with van der Waals surface area (Å²) in [5, 5.41) is 3.52. The zero-order valence-corrected chi connectivity index (χ0v) is 10.4. The normalized spacial score (nSPS) is 18.6. The highest BCUT2D eigenvalue weighted by atomic mass is 79.9. The molecule has 15 heavy (non-hydrogen) atoms. The van der Waals surface area contributed by atoms with Gasteiger partial charge in [0.15, 0.2) is 0 Å². The van der Waals surface area contributed by atoms with Crippen molar-refractivity contribution in [2.75, 3.05) is 0 Å². The van der Waals surface area contributed by atoms with Gasteiger partial charge in [-0.1, -0.05) is 22.0 Å². The highest BCUT2D eigenvalue weighted by Gasteiger charge is 2.30. The van der Waals surface area contributed by atoms with Crippen LogP contribution in [0.4, 0.5) is 4.39 Å². The topological polar surface area (TPSA) is 12.0 Å². The summed E-state index contributed by atoms with van der Waals surface area (Å²) < 4.78 is 13.7. The van der Waals surface area contributed by atoms with Gasteiger partial charge in [0.25, 0.3) is 0 Å². The molecule has 2 rings (SSSR count). The standard InChI is InChI=1S/C12H15BrFN/c1-12(5-2-6-12)15-8-9-3-4-10(14)7-11(9)13/h3-4,7,15H,2,5-6,8H2,1H3. The molecule has 82 valence electrons. The van der Waals surface area contributed by atoms with Crippen molar-refractivity contribution in [3.63, 3.8) is 0 Å². The Kier molecular flexibility index (Phi) is 3.12. The molecular formula is C12H15BrFN. The van der Waals surface area contributed by atoms with Crippen LogP contribution in [-0.4, -0.2) is 5.54 Å². The van der Waals surface area contributed by atoms with Crippen molar-refractivity contribution in [3.05, 3.63) is 34.1 Å². The lowest BCUT2D eigenvalue weighted by atomic mass is 9.78. The molecule has 0 aromatic heterocycles. The molecule has 1 aliphatic rings. The molecule has 0 atom stereocenters. The van der Waals surface area contributed by atoms with Crippen molar-refractivity contribution in [1.29, 1.82) is 0 Å². The molecule has 0 amide bonds. The third-order valence-corrected chi connectivity index (χ3v) is 3.92. The van der Waals surface area contributed by atoms with Crippen molar-refractivity contribution in [2.45, 2.75) is 38.3 Å². The molecule has 0 spiro atoms. The fourth-order valence-electron chi connectivity index (χ4n) is 1.86. The molecule has 0 radical (unpaired) electrons. The molecule has 1 nitrogen and oxygen atoms in total. The Morgan fingerprint density at radius 2 is 2.20 bits per heavy atom. The molecule has 3 heteroatoms. The first-order valence-corrected chi connectivity index (χ1v) is 6.07. The van der Waals surface area contributed by atoms with Crippen molar-refractivity contribution < 1.29 is 4.39 Å². The molecule has 0 bridgehead atoms. The largest absolute Gasteiger partial charge is 0.307 e. The van der Waals surface area contributed by atoms with Crippen LogP contribution in [0.3, 0.4) is 0 Å². The van der Waals surface area contributed by atoms with Crippen LogP contribution >= 0.6 is 15.9 Å². The summed E-state index contributed by atoms with van der Waals surface area (Å²) in [5.74, 6) is -0.194. The minimum Gasteiger partial charge on any atom is -0.307 e. The zero-order chi connectivity index (χ0) is 10.9. The Labute approximate surface area is 98.2 Å². The molecule has 0 unspecified atom stereocenters. The zero-order valence-electron chi connectivity index (χ0n) is 8.82. The van der Waals surface area contributed by atoms with Crippen LogP contribution in [0.15, 0.2) is 22.7 Å². The van der Waals surface area contributed by atoms with E-state index in [0.717, 1.165) is 16.6 Å². The Bertz CT molecular complexity index is 361. The molecule has 1 saturated carbocycles. The maximum atomic E-state index is 12.8. The first kappa shape index (κ1) is 11.1. The number of rotatable bonds is 3. The molecule has 0 aliphatic heterocycles. The molecule has 1 N–H and O–H groups in total. The highest BCUT2D eigenvalue weighted by molar-refractivity contribution is 9.10. The summed E-state index contributed by atoms with van der Waals surface area (Å²) in [6, 6.07) is 4.85. The van der Waals surface area contributed by atoms with Crippen LogP contribution in [-0.2, 0) is 6.54 Å². The van der Waals surface area contributed by atoms with E-state index in [9.17, 15) is 4.39 Å². The lowest BCUT2D eigenvalue weighted by molar-refractivity contribution is 0.206. The molecule has 0 heterocycles. The predicted octanol–water partition coefficient (Wildman–Crippen LogP) is 3.62. The van der Waals surface area contributed by atoms with Gasteiger partial charge in [-0.3, -0.25) is 0 Å².